The standard InChI is InChI=1S/C8H7Cl2O3/c9-5-1-2-7(6(10)3-5)13-4-8(11)12/h1-3,8,11H,4H2/q-1. The fourth-order valence-electron chi connectivity index (χ4n) is 0.753. The first kappa shape index (κ1) is 10.6. The molecule has 0 saturated heterocycles. The van der Waals surface area contributed by atoms with Gasteiger partial charge in [-0.05, 0) is 18.2 Å². The lowest BCUT2D eigenvalue weighted by molar-refractivity contribution is -0.485. The van der Waals surface area contributed by atoms with Gasteiger partial charge in [0.15, 0.2) is 0 Å². The lowest BCUT2D eigenvalue weighted by atomic mass is 10.3. The topological polar surface area (TPSA) is 52.5 Å². The third-order valence-corrected chi connectivity index (χ3v) is 1.81. The van der Waals surface area contributed by atoms with Gasteiger partial charge in [-0.15, -0.1) is 0 Å². The third-order valence-electron chi connectivity index (χ3n) is 1.28. The van der Waals surface area contributed by atoms with Crippen LogP contribution in [0.5, 0.6) is 5.75 Å². The molecule has 0 aliphatic carbocycles. The Morgan fingerprint density at radius 3 is 2.69 bits per heavy atom. The quantitative estimate of drug-likeness (QED) is 0.777. The Labute approximate surface area is 85.5 Å². The molecule has 1 aromatic carbocycles. The van der Waals surface area contributed by atoms with Gasteiger partial charge in [0, 0.05) is 11.3 Å². The molecular weight excluding hydrogens is 215 g/mol. The normalized spacial score (nSPS) is 12.6. The van der Waals surface area contributed by atoms with Gasteiger partial charge in [0.1, 0.15) is 5.75 Å². The summed E-state index contributed by atoms with van der Waals surface area (Å²) in [6.45, 7) is -0.332. The molecule has 0 bridgehead atoms. The molecule has 0 saturated carbocycles. The summed E-state index contributed by atoms with van der Waals surface area (Å²) in [6, 6.07) is 4.61. The molecule has 1 unspecified atom stereocenters. The molecule has 13 heavy (non-hydrogen) atoms. The Kier molecular flexibility index (Phi) is 3.81. The van der Waals surface area contributed by atoms with E-state index in [2.05, 4.69) is 0 Å². The molecule has 0 fully saturated rings. The van der Waals surface area contributed by atoms with Crippen molar-refractivity contribution < 1.29 is 14.9 Å². The van der Waals surface area contributed by atoms with Crippen molar-refractivity contribution in [1.29, 1.82) is 0 Å². The maximum absolute atomic E-state index is 10.2. The van der Waals surface area contributed by atoms with Crippen molar-refractivity contribution in [3.8, 4) is 5.75 Å². The van der Waals surface area contributed by atoms with Gasteiger partial charge in [-0.1, -0.05) is 23.2 Å². The van der Waals surface area contributed by atoms with E-state index in [4.69, 9.17) is 33.0 Å². The largest absolute Gasteiger partial charge is 0.829 e. The summed E-state index contributed by atoms with van der Waals surface area (Å²) in [5.41, 5.74) is 0. The van der Waals surface area contributed by atoms with Crippen molar-refractivity contribution in [3.05, 3.63) is 28.2 Å². The molecule has 5 heteroatoms. The van der Waals surface area contributed by atoms with Gasteiger partial charge in [-0.2, -0.15) is 0 Å². The molecule has 0 radical (unpaired) electrons. The molecule has 1 aromatic rings. The fourth-order valence-corrected chi connectivity index (χ4v) is 1.22. The maximum atomic E-state index is 10.2. The van der Waals surface area contributed by atoms with Gasteiger partial charge < -0.3 is 14.9 Å². The molecule has 0 aromatic heterocycles. The number of rotatable bonds is 3. The van der Waals surface area contributed by atoms with Crippen LogP contribution in [0.4, 0.5) is 0 Å². The summed E-state index contributed by atoms with van der Waals surface area (Å²) in [5, 5.41) is 19.4. The van der Waals surface area contributed by atoms with Crippen LogP contribution in [0.15, 0.2) is 18.2 Å². The van der Waals surface area contributed by atoms with Crippen molar-refractivity contribution in [2.24, 2.45) is 0 Å². The molecule has 72 valence electrons. The van der Waals surface area contributed by atoms with Crippen LogP contribution in [-0.4, -0.2) is 18.0 Å². The van der Waals surface area contributed by atoms with Crippen LogP contribution in [0.25, 0.3) is 0 Å². The Bertz CT molecular complexity index is 289. The molecule has 0 amide bonds. The summed E-state index contributed by atoms with van der Waals surface area (Å²) in [6.07, 6.45) is -1.76. The second-order valence-electron chi connectivity index (χ2n) is 2.34. The van der Waals surface area contributed by atoms with Crippen LogP contribution >= 0.6 is 23.2 Å². The number of hydrogen-bond donors (Lipinski definition) is 1. The van der Waals surface area contributed by atoms with Crippen LogP contribution in [0.3, 0.4) is 0 Å². The second-order valence-corrected chi connectivity index (χ2v) is 3.18. The van der Waals surface area contributed by atoms with Crippen molar-refractivity contribution in [3.63, 3.8) is 0 Å². The van der Waals surface area contributed by atoms with Gasteiger partial charge in [0.2, 0.25) is 0 Å². The first-order chi connectivity index (χ1) is 6.09. The van der Waals surface area contributed by atoms with E-state index in [1.165, 1.54) is 12.1 Å². The Morgan fingerprint density at radius 1 is 1.46 bits per heavy atom. The highest BCUT2D eigenvalue weighted by atomic mass is 35.5. The Morgan fingerprint density at radius 2 is 2.15 bits per heavy atom. The monoisotopic (exact) mass is 221 g/mol. The second kappa shape index (κ2) is 4.67. The first-order valence-corrected chi connectivity index (χ1v) is 4.27. The molecular formula is C8H7Cl2O3-. The predicted molar refractivity (Wildman–Crippen MR) is 48.0 cm³/mol. The van der Waals surface area contributed by atoms with Crippen molar-refractivity contribution in [2.75, 3.05) is 6.61 Å². The fraction of sp³-hybridized carbons (Fsp3) is 0.250. The van der Waals surface area contributed by atoms with Gasteiger partial charge in [0.25, 0.3) is 0 Å². The highest BCUT2D eigenvalue weighted by Crippen LogP contribution is 2.27. The van der Waals surface area contributed by atoms with Crippen LogP contribution in [0.2, 0.25) is 10.0 Å². The van der Waals surface area contributed by atoms with Crippen LogP contribution in [0.1, 0.15) is 0 Å². The van der Waals surface area contributed by atoms with Crippen molar-refractivity contribution in [2.45, 2.75) is 6.29 Å². The highest BCUT2D eigenvalue weighted by Gasteiger charge is 2.01. The minimum Gasteiger partial charge on any atom is -0.829 e. The van der Waals surface area contributed by atoms with E-state index >= 15 is 0 Å². The van der Waals surface area contributed by atoms with Gasteiger partial charge in [-0.3, -0.25) is 0 Å². The van der Waals surface area contributed by atoms with E-state index in [1.807, 2.05) is 0 Å². The van der Waals surface area contributed by atoms with E-state index in [0.717, 1.165) is 0 Å². The van der Waals surface area contributed by atoms with E-state index in [9.17, 15) is 5.11 Å². The summed E-state index contributed by atoms with van der Waals surface area (Å²) in [5.74, 6) is 0.334. The Balaban J connectivity index is 2.67. The van der Waals surface area contributed by atoms with E-state index in [1.54, 1.807) is 6.07 Å². The molecule has 1 rings (SSSR count). The molecule has 0 heterocycles. The average molecular weight is 222 g/mol. The number of halogens is 2. The molecule has 1 N–H and O–H groups in total. The van der Waals surface area contributed by atoms with Crippen LogP contribution in [-0.2, 0) is 0 Å². The average Bonchev–Trinajstić information content (AvgIpc) is 2.02. The molecule has 3 nitrogen and oxygen atoms in total. The van der Waals surface area contributed by atoms with Gasteiger partial charge >= 0.3 is 0 Å². The molecule has 0 aliphatic heterocycles. The smallest absolute Gasteiger partial charge is 0.138 e. The van der Waals surface area contributed by atoms with Crippen LogP contribution < -0.4 is 9.84 Å². The number of ether oxygens (including phenoxy) is 1. The van der Waals surface area contributed by atoms with Gasteiger partial charge in [0.05, 0.1) is 11.6 Å². The zero-order valence-electron chi connectivity index (χ0n) is 6.54. The molecule has 0 spiro atoms. The van der Waals surface area contributed by atoms with E-state index in [0.29, 0.717) is 15.8 Å². The van der Waals surface area contributed by atoms with E-state index < -0.39 is 6.29 Å². The zero-order chi connectivity index (χ0) is 9.84. The number of benzene rings is 1. The number of hydrogen-bond acceptors (Lipinski definition) is 3. The summed E-state index contributed by atoms with van der Waals surface area (Å²) < 4.78 is 4.90. The third kappa shape index (κ3) is 3.40. The Hall–Kier alpha value is -0.480. The lowest BCUT2D eigenvalue weighted by Gasteiger charge is -2.16. The van der Waals surface area contributed by atoms with Gasteiger partial charge in [-0.25, -0.2) is 0 Å². The minimum absolute atomic E-state index is 0.313. The predicted octanol–water partition coefficient (Wildman–Crippen LogP) is 1.05. The molecule has 1 atom stereocenters. The van der Waals surface area contributed by atoms with Crippen LogP contribution in [0, 0.1) is 0 Å². The number of aliphatic hydroxyl groups excluding tert-OH is 1. The lowest BCUT2D eigenvalue weighted by Crippen LogP contribution is -2.31. The minimum atomic E-state index is -1.76. The zero-order valence-corrected chi connectivity index (χ0v) is 8.05. The summed E-state index contributed by atoms with van der Waals surface area (Å²) >= 11 is 11.3. The maximum Gasteiger partial charge on any atom is 0.138 e. The van der Waals surface area contributed by atoms with E-state index in [-0.39, 0.29) is 6.61 Å². The SMILES string of the molecule is [O-]C(O)COc1ccc(Cl)cc1Cl. The first-order valence-electron chi connectivity index (χ1n) is 3.51. The van der Waals surface area contributed by atoms with Crippen molar-refractivity contribution >= 4 is 23.2 Å². The van der Waals surface area contributed by atoms with Crippen molar-refractivity contribution in [1.82, 2.24) is 0 Å². The summed E-state index contributed by atoms with van der Waals surface area (Å²) in [7, 11) is 0. The summed E-state index contributed by atoms with van der Waals surface area (Å²) in [4.78, 5) is 0. The number of aliphatic hydroxyl groups is 1. The molecule has 0 aliphatic rings. The highest BCUT2D eigenvalue weighted by molar-refractivity contribution is 6.35.